The summed E-state index contributed by atoms with van der Waals surface area (Å²) < 4.78 is 0. The van der Waals surface area contributed by atoms with Crippen molar-refractivity contribution in [2.45, 2.75) is 19.9 Å². The van der Waals surface area contributed by atoms with Gasteiger partial charge >= 0.3 is 0 Å². The van der Waals surface area contributed by atoms with Crippen LogP contribution < -0.4 is 0 Å². The number of phenols is 1. The molecule has 2 atom stereocenters. The van der Waals surface area contributed by atoms with Crippen molar-refractivity contribution in [3.8, 4) is 5.75 Å². The van der Waals surface area contributed by atoms with E-state index in [2.05, 4.69) is 13.8 Å². The predicted octanol–water partition coefficient (Wildman–Crippen LogP) is 2.79. The van der Waals surface area contributed by atoms with Crippen LogP contribution in [0.1, 0.15) is 29.8 Å². The van der Waals surface area contributed by atoms with Crippen LogP contribution in [0, 0.1) is 5.92 Å². The zero-order valence-corrected chi connectivity index (χ0v) is 12.0. The maximum atomic E-state index is 12.8. The molecule has 2 heterocycles. The molecule has 1 amide bonds. The van der Waals surface area contributed by atoms with E-state index in [9.17, 15) is 9.90 Å². The number of aromatic hydroxyl groups is 1. The average Bonchev–Trinajstić information content (AvgIpc) is 2.73. The van der Waals surface area contributed by atoms with Gasteiger partial charge in [-0.25, -0.2) is 0 Å². The lowest BCUT2D eigenvalue weighted by Gasteiger charge is -2.30. The summed E-state index contributed by atoms with van der Waals surface area (Å²) in [6.45, 7) is 4.91. The Hall–Kier alpha value is -2.36. The summed E-state index contributed by atoms with van der Waals surface area (Å²) in [7, 11) is 0. The Bertz CT molecular complexity index is 810. The van der Waals surface area contributed by atoms with Crippen LogP contribution in [-0.4, -0.2) is 34.3 Å². The number of carbonyl (C=O) groups excluding carboxylic acids is 1. The minimum atomic E-state index is -0.00120. The summed E-state index contributed by atoms with van der Waals surface area (Å²) in [4.78, 5) is 19.3. The SMILES string of the molecule is CC1CN2C(=O)c3c(ccc4ccc(O)cc34)C2=N[C@H]1C. The molecule has 2 aromatic rings. The molecule has 0 saturated heterocycles. The number of hydrogen-bond donors (Lipinski definition) is 1. The van der Waals surface area contributed by atoms with Crippen molar-refractivity contribution in [1.82, 2.24) is 4.90 Å². The van der Waals surface area contributed by atoms with E-state index in [-0.39, 0.29) is 17.7 Å². The third-order valence-corrected chi connectivity index (χ3v) is 4.58. The first-order valence-corrected chi connectivity index (χ1v) is 7.22. The van der Waals surface area contributed by atoms with E-state index >= 15 is 0 Å². The maximum Gasteiger partial charge on any atom is 0.260 e. The van der Waals surface area contributed by atoms with Crippen molar-refractivity contribution in [1.29, 1.82) is 0 Å². The van der Waals surface area contributed by atoms with E-state index in [1.165, 1.54) is 0 Å². The number of rotatable bonds is 0. The first kappa shape index (κ1) is 12.4. The molecule has 4 nitrogen and oxygen atoms in total. The zero-order chi connectivity index (χ0) is 14.7. The molecular weight excluding hydrogens is 264 g/mol. The second-order valence-electron chi connectivity index (χ2n) is 5.98. The number of amides is 1. The van der Waals surface area contributed by atoms with Gasteiger partial charge in [0.05, 0.1) is 11.6 Å². The molecular formula is C17H16N2O2. The van der Waals surface area contributed by atoms with Gasteiger partial charge in [-0.3, -0.25) is 14.7 Å². The molecule has 4 rings (SSSR count). The van der Waals surface area contributed by atoms with Gasteiger partial charge in [-0.1, -0.05) is 19.1 Å². The molecule has 2 aliphatic rings. The Balaban J connectivity index is 2.01. The van der Waals surface area contributed by atoms with Crippen LogP contribution in [-0.2, 0) is 0 Å². The molecule has 0 spiro atoms. The largest absolute Gasteiger partial charge is 0.508 e. The smallest absolute Gasteiger partial charge is 0.260 e. The molecule has 0 bridgehead atoms. The van der Waals surface area contributed by atoms with Gasteiger partial charge in [0.25, 0.3) is 5.91 Å². The summed E-state index contributed by atoms with van der Waals surface area (Å²) >= 11 is 0. The molecule has 2 aliphatic heterocycles. The summed E-state index contributed by atoms with van der Waals surface area (Å²) in [5.41, 5.74) is 1.56. The van der Waals surface area contributed by atoms with Crippen molar-refractivity contribution in [2.24, 2.45) is 10.9 Å². The Morgan fingerprint density at radius 3 is 2.81 bits per heavy atom. The van der Waals surface area contributed by atoms with E-state index in [1.807, 2.05) is 18.2 Å². The van der Waals surface area contributed by atoms with Crippen molar-refractivity contribution in [3.05, 3.63) is 41.5 Å². The number of carbonyl (C=O) groups is 1. The van der Waals surface area contributed by atoms with E-state index in [4.69, 9.17) is 4.99 Å². The topological polar surface area (TPSA) is 52.9 Å². The quantitative estimate of drug-likeness (QED) is 0.806. The lowest BCUT2D eigenvalue weighted by molar-refractivity contribution is 0.0835. The highest BCUT2D eigenvalue weighted by Crippen LogP contribution is 2.35. The van der Waals surface area contributed by atoms with Crippen LogP contribution in [0.3, 0.4) is 0 Å². The molecule has 0 aliphatic carbocycles. The number of hydrogen-bond acceptors (Lipinski definition) is 3. The molecule has 4 heteroatoms. The fraction of sp³-hybridized carbons (Fsp3) is 0.294. The van der Waals surface area contributed by atoms with E-state index in [0.717, 1.165) is 22.2 Å². The van der Waals surface area contributed by atoms with Gasteiger partial charge in [0.2, 0.25) is 0 Å². The van der Waals surface area contributed by atoms with Crippen LogP contribution in [0.2, 0.25) is 0 Å². The third kappa shape index (κ3) is 1.62. The fourth-order valence-electron chi connectivity index (χ4n) is 3.17. The first-order chi connectivity index (χ1) is 10.1. The fourth-order valence-corrected chi connectivity index (χ4v) is 3.17. The molecule has 21 heavy (non-hydrogen) atoms. The molecule has 0 saturated carbocycles. The van der Waals surface area contributed by atoms with Crippen molar-refractivity contribution >= 4 is 22.5 Å². The zero-order valence-electron chi connectivity index (χ0n) is 12.0. The third-order valence-electron chi connectivity index (χ3n) is 4.58. The number of aliphatic imine (C=N–C) groups is 1. The van der Waals surface area contributed by atoms with E-state index in [0.29, 0.717) is 18.0 Å². The van der Waals surface area contributed by atoms with E-state index < -0.39 is 0 Å². The highest BCUT2D eigenvalue weighted by molar-refractivity contribution is 6.28. The van der Waals surface area contributed by atoms with Crippen LogP contribution in [0.25, 0.3) is 10.8 Å². The van der Waals surface area contributed by atoms with Crippen LogP contribution >= 0.6 is 0 Å². The maximum absolute atomic E-state index is 12.8. The summed E-state index contributed by atoms with van der Waals surface area (Å²) in [5.74, 6) is 1.31. The highest BCUT2D eigenvalue weighted by Gasteiger charge is 2.39. The Kier molecular flexibility index (Phi) is 2.40. The van der Waals surface area contributed by atoms with Crippen molar-refractivity contribution in [2.75, 3.05) is 6.54 Å². The molecule has 1 unspecified atom stereocenters. The van der Waals surface area contributed by atoms with Gasteiger partial charge in [0.15, 0.2) is 0 Å². The van der Waals surface area contributed by atoms with Crippen LogP contribution in [0.15, 0.2) is 35.3 Å². The number of fused-ring (bicyclic) bond motifs is 5. The van der Waals surface area contributed by atoms with Crippen molar-refractivity contribution < 1.29 is 9.90 Å². The molecule has 106 valence electrons. The number of nitrogens with zero attached hydrogens (tertiary/aromatic N) is 2. The second-order valence-corrected chi connectivity index (χ2v) is 5.98. The average molecular weight is 280 g/mol. The predicted molar refractivity (Wildman–Crippen MR) is 81.8 cm³/mol. The van der Waals surface area contributed by atoms with Crippen LogP contribution in [0.5, 0.6) is 5.75 Å². The minimum Gasteiger partial charge on any atom is -0.508 e. The van der Waals surface area contributed by atoms with Gasteiger partial charge < -0.3 is 5.11 Å². The molecule has 0 fully saturated rings. The monoisotopic (exact) mass is 280 g/mol. The van der Waals surface area contributed by atoms with Gasteiger partial charge in [0, 0.05) is 12.1 Å². The lowest BCUT2D eigenvalue weighted by Crippen LogP contribution is -2.41. The molecule has 0 aromatic heterocycles. The Morgan fingerprint density at radius 2 is 2.00 bits per heavy atom. The first-order valence-electron chi connectivity index (χ1n) is 7.22. The molecule has 2 aromatic carbocycles. The standard InChI is InChI=1S/C17H16N2O2/c1-9-8-19-16(18-10(9)2)13-6-4-11-3-5-12(20)7-14(11)15(13)17(19)21/h3-7,9-10,20H,8H2,1-2H3/t9?,10-/m0/s1. The summed E-state index contributed by atoms with van der Waals surface area (Å²) in [6, 6.07) is 9.31. The number of amidine groups is 1. The van der Waals surface area contributed by atoms with Crippen molar-refractivity contribution in [3.63, 3.8) is 0 Å². The molecule has 1 N–H and O–H groups in total. The molecule has 0 radical (unpaired) electrons. The number of benzene rings is 2. The Labute approximate surface area is 122 Å². The summed E-state index contributed by atoms with van der Waals surface area (Å²) in [6.07, 6.45) is 0. The van der Waals surface area contributed by atoms with Gasteiger partial charge in [0.1, 0.15) is 11.6 Å². The normalized spacial score (nSPS) is 24.0. The Morgan fingerprint density at radius 1 is 1.24 bits per heavy atom. The second kappa shape index (κ2) is 4.07. The van der Waals surface area contributed by atoms with E-state index in [1.54, 1.807) is 17.0 Å². The summed E-state index contributed by atoms with van der Waals surface area (Å²) in [5, 5.41) is 11.5. The number of phenolic OH excluding ortho intramolecular Hbond substituents is 1. The van der Waals surface area contributed by atoms with Gasteiger partial charge in [-0.15, -0.1) is 0 Å². The van der Waals surface area contributed by atoms with Gasteiger partial charge in [-0.05, 0) is 41.8 Å². The van der Waals surface area contributed by atoms with Crippen LogP contribution in [0.4, 0.5) is 0 Å². The lowest BCUT2D eigenvalue weighted by atomic mass is 9.99. The van der Waals surface area contributed by atoms with Gasteiger partial charge in [-0.2, -0.15) is 0 Å². The minimum absolute atomic E-state index is 0.00120. The highest BCUT2D eigenvalue weighted by atomic mass is 16.3.